The number of hydrazine groups is 1. The van der Waals surface area contributed by atoms with E-state index in [0.29, 0.717) is 52.8 Å². The van der Waals surface area contributed by atoms with E-state index in [4.69, 9.17) is 32.7 Å². The third kappa shape index (κ3) is 6.12. The molecule has 4 fully saturated rings. The minimum atomic E-state index is -1.62. The van der Waals surface area contributed by atoms with E-state index >= 15 is 9.59 Å². The quantitative estimate of drug-likeness (QED) is 0.131. The summed E-state index contributed by atoms with van der Waals surface area (Å²) in [4.78, 5) is 63.4. The van der Waals surface area contributed by atoms with Crippen molar-refractivity contribution < 1.29 is 33.8 Å². The predicted molar refractivity (Wildman–Crippen MR) is 225 cm³/mol. The van der Waals surface area contributed by atoms with Crippen LogP contribution in [-0.4, -0.2) is 67.2 Å². The molecule has 4 aromatic rings. The summed E-state index contributed by atoms with van der Waals surface area (Å²) in [6, 6.07) is 24.6. The Hall–Kier alpha value is -5.62. The third-order valence-corrected chi connectivity index (χ3v) is 13.4. The summed E-state index contributed by atoms with van der Waals surface area (Å²) in [5.41, 5.74) is 5.42. The van der Waals surface area contributed by atoms with Gasteiger partial charge in [-0.25, -0.2) is 0 Å². The molecule has 5 aliphatic rings. The number of imide groups is 2. The van der Waals surface area contributed by atoms with Crippen LogP contribution in [0.3, 0.4) is 0 Å². The van der Waals surface area contributed by atoms with E-state index in [1.165, 1.54) is 11.0 Å². The Morgan fingerprint density at radius 2 is 1.64 bits per heavy atom. The summed E-state index contributed by atoms with van der Waals surface area (Å²) >= 11 is 12.8. The number of aromatic hydroxyl groups is 1. The van der Waals surface area contributed by atoms with Crippen LogP contribution < -0.4 is 20.0 Å². The van der Waals surface area contributed by atoms with Crippen LogP contribution in [0.5, 0.6) is 11.5 Å². The number of carbonyl (C=O) groups is 4. The van der Waals surface area contributed by atoms with Crippen molar-refractivity contribution in [2.45, 2.75) is 30.6 Å². The van der Waals surface area contributed by atoms with Crippen molar-refractivity contribution in [1.29, 1.82) is 0 Å². The molecule has 3 aliphatic heterocycles. The van der Waals surface area contributed by atoms with Crippen LogP contribution in [0.15, 0.2) is 109 Å². The zero-order chi connectivity index (χ0) is 41.2. The number of morpholine rings is 1. The molecule has 4 aromatic carbocycles. The molecule has 6 atom stereocenters. The van der Waals surface area contributed by atoms with Crippen LogP contribution in [0.25, 0.3) is 0 Å². The molecule has 2 N–H and O–H groups in total. The number of rotatable bonds is 9. The van der Waals surface area contributed by atoms with Gasteiger partial charge in [0.15, 0.2) is 0 Å². The number of phenols is 1. The molecule has 2 aliphatic carbocycles. The fourth-order valence-corrected chi connectivity index (χ4v) is 10.7. The Labute approximate surface area is 351 Å². The Kier molecular flexibility index (Phi) is 10.0. The van der Waals surface area contributed by atoms with Gasteiger partial charge in [0.1, 0.15) is 11.5 Å². The first kappa shape index (κ1) is 38.9. The lowest BCUT2D eigenvalue weighted by Gasteiger charge is -2.50. The molecule has 4 amide bonds. The molecule has 9 rings (SSSR count). The van der Waals surface area contributed by atoms with E-state index in [9.17, 15) is 14.7 Å². The number of nitrogens with one attached hydrogen (secondary N) is 1. The lowest BCUT2D eigenvalue weighted by Crippen LogP contribution is -2.53. The second kappa shape index (κ2) is 15.2. The van der Waals surface area contributed by atoms with Gasteiger partial charge < -0.3 is 19.5 Å². The standard InChI is InChI=1S/C46H42Cl2N4O7/c1-3-5-26-6-4-7-34(41(26)53)40-32-17-18-33-39(44(56)51(42(33)54)30-13-11-29(12-14-30)50-20-22-59-23-21-50)35(32)25-36-43(55)52(49-38-19-10-28(47)24-37(38)48)45(57)46(36,40)27-8-15-31(58-2)16-9-27/h3-4,6-17,19,24,33,35-36,39-40,49,53H,1,5,18,20-23,25H2,2H3/t33-,35+,36-,39-,40+,46+/m0/s1. The van der Waals surface area contributed by atoms with Crippen molar-refractivity contribution in [3.63, 3.8) is 0 Å². The van der Waals surface area contributed by atoms with Crippen LogP contribution in [0.1, 0.15) is 35.4 Å². The second-order valence-corrected chi connectivity index (χ2v) is 16.5. The molecule has 0 radical (unpaired) electrons. The molecule has 3 heterocycles. The summed E-state index contributed by atoms with van der Waals surface area (Å²) in [5.74, 6) is -5.31. The lowest BCUT2D eigenvalue weighted by molar-refractivity contribution is -0.138. The van der Waals surface area contributed by atoms with Gasteiger partial charge in [-0.05, 0) is 90.9 Å². The molecular formula is C46H42Cl2N4O7. The Morgan fingerprint density at radius 1 is 0.915 bits per heavy atom. The number of allylic oxidation sites excluding steroid dienone is 3. The smallest absolute Gasteiger partial charge is 0.260 e. The van der Waals surface area contributed by atoms with Gasteiger partial charge in [-0.1, -0.05) is 71.3 Å². The largest absolute Gasteiger partial charge is 0.507 e. The number of para-hydroxylation sites is 1. The highest BCUT2D eigenvalue weighted by Crippen LogP contribution is 2.65. The maximum Gasteiger partial charge on any atom is 0.260 e. The van der Waals surface area contributed by atoms with Gasteiger partial charge in [0.25, 0.3) is 11.8 Å². The number of fused-ring (bicyclic) bond motifs is 4. The second-order valence-electron chi connectivity index (χ2n) is 15.7. The number of halogens is 2. The molecule has 0 spiro atoms. The van der Waals surface area contributed by atoms with Crippen molar-refractivity contribution in [1.82, 2.24) is 5.01 Å². The van der Waals surface area contributed by atoms with Gasteiger partial charge in [-0.15, -0.1) is 6.58 Å². The van der Waals surface area contributed by atoms with Crippen molar-refractivity contribution in [3.8, 4) is 11.5 Å². The first-order valence-electron chi connectivity index (χ1n) is 19.7. The van der Waals surface area contributed by atoms with E-state index in [-0.39, 0.29) is 41.1 Å². The molecule has 0 unspecified atom stereocenters. The Balaban J connectivity index is 1.19. The Bertz CT molecular complexity index is 2410. The monoisotopic (exact) mass is 832 g/mol. The molecule has 302 valence electrons. The molecule has 11 nitrogen and oxygen atoms in total. The number of phenolic OH excluding ortho intramolecular Hbond substituents is 1. The van der Waals surface area contributed by atoms with Crippen molar-refractivity contribution in [3.05, 3.63) is 136 Å². The maximum absolute atomic E-state index is 15.6. The highest BCUT2D eigenvalue weighted by molar-refractivity contribution is 6.36. The maximum atomic E-state index is 15.6. The number of hydrogen-bond donors (Lipinski definition) is 2. The molecule has 0 aromatic heterocycles. The van der Waals surface area contributed by atoms with Crippen LogP contribution in [-0.2, 0) is 35.8 Å². The van der Waals surface area contributed by atoms with Crippen molar-refractivity contribution in [2.24, 2.45) is 23.7 Å². The number of amides is 4. The average molecular weight is 834 g/mol. The highest BCUT2D eigenvalue weighted by atomic mass is 35.5. The first-order valence-corrected chi connectivity index (χ1v) is 20.5. The number of nitrogens with zero attached hydrogens (tertiary/aromatic N) is 3. The van der Waals surface area contributed by atoms with Crippen molar-refractivity contribution in [2.75, 3.05) is 48.6 Å². The van der Waals surface area contributed by atoms with E-state index in [1.54, 1.807) is 73.8 Å². The van der Waals surface area contributed by atoms with Gasteiger partial charge in [-0.3, -0.25) is 29.5 Å². The van der Waals surface area contributed by atoms with Crippen LogP contribution >= 0.6 is 23.2 Å². The predicted octanol–water partition coefficient (Wildman–Crippen LogP) is 7.46. The van der Waals surface area contributed by atoms with Gasteiger partial charge in [-0.2, -0.15) is 5.01 Å². The summed E-state index contributed by atoms with van der Waals surface area (Å²) < 4.78 is 11.0. The number of anilines is 3. The van der Waals surface area contributed by atoms with Gasteiger partial charge in [0, 0.05) is 35.3 Å². The fourth-order valence-electron chi connectivity index (χ4n) is 10.2. The van der Waals surface area contributed by atoms with Crippen LogP contribution in [0, 0.1) is 23.7 Å². The minimum absolute atomic E-state index is 0.0316. The van der Waals surface area contributed by atoms with E-state index in [0.717, 1.165) is 29.4 Å². The van der Waals surface area contributed by atoms with Crippen LogP contribution in [0.4, 0.5) is 17.1 Å². The number of carbonyl (C=O) groups excluding carboxylic acids is 4. The van der Waals surface area contributed by atoms with E-state index < -0.39 is 46.8 Å². The van der Waals surface area contributed by atoms with E-state index in [2.05, 4.69) is 16.9 Å². The SMILES string of the molecule is C=CCc1cccc([C@H]2C3=CC[C@@H]4C(=O)N(c5ccc(N6CCOCC6)cc5)C(=O)[C@@H]4[C@@H]3C[C@H]3C(=O)N(Nc4ccc(Cl)cc4Cl)C(=O)[C@@]23c2ccc(OC)cc2)c1O. The van der Waals surface area contributed by atoms with Gasteiger partial charge >= 0.3 is 0 Å². The number of methoxy groups -OCH3 is 1. The van der Waals surface area contributed by atoms with Crippen molar-refractivity contribution >= 4 is 63.9 Å². The summed E-state index contributed by atoms with van der Waals surface area (Å²) in [5, 5.41) is 13.7. The minimum Gasteiger partial charge on any atom is -0.507 e. The summed E-state index contributed by atoms with van der Waals surface area (Å²) in [6.45, 7) is 6.62. The number of benzene rings is 4. The third-order valence-electron chi connectivity index (χ3n) is 12.9. The molecule has 59 heavy (non-hydrogen) atoms. The Morgan fingerprint density at radius 3 is 2.34 bits per heavy atom. The fraction of sp³-hybridized carbons (Fsp3) is 0.304. The lowest BCUT2D eigenvalue weighted by atomic mass is 9.49. The highest BCUT2D eigenvalue weighted by Gasteiger charge is 2.70. The number of hydrogen-bond acceptors (Lipinski definition) is 9. The molecule has 3 saturated heterocycles. The summed E-state index contributed by atoms with van der Waals surface area (Å²) in [7, 11) is 1.55. The average Bonchev–Trinajstić information content (AvgIpc) is 3.63. The molecule has 0 bridgehead atoms. The normalized spacial score (nSPS) is 26.3. The zero-order valence-corrected chi connectivity index (χ0v) is 33.8. The zero-order valence-electron chi connectivity index (χ0n) is 32.3. The molecule has 13 heteroatoms. The van der Waals surface area contributed by atoms with Gasteiger partial charge in [0.2, 0.25) is 11.8 Å². The van der Waals surface area contributed by atoms with E-state index in [1.807, 2.05) is 24.3 Å². The first-order chi connectivity index (χ1) is 28.6. The topological polar surface area (TPSA) is 129 Å². The summed E-state index contributed by atoms with van der Waals surface area (Å²) in [6.07, 6.45) is 4.33. The van der Waals surface area contributed by atoms with Crippen LogP contribution in [0.2, 0.25) is 10.0 Å². The molecular weight excluding hydrogens is 791 g/mol. The number of ether oxygens (including phenoxy) is 2. The van der Waals surface area contributed by atoms with Gasteiger partial charge in [0.05, 0.1) is 59.9 Å². The molecule has 1 saturated carbocycles.